The standard InChI is InChI=1S/C24H29F2N3O6/c1-13(27)21-19(20(31)22(33-12-30)15-6-8-28-9-7-15)29-23(35-21)16-4-5-17(34-24(25)26)18(10-16)32-11-14-2-3-14/h4-5,10,12-15,22,24,28H,2-3,6-9,11,27H2,1H3. The van der Waals surface area contributed by atoms with E-state index in [0.29, 0.717) is 44.0 Å². The Morgan fingerprint density at radius 1 is 1.26 bits per heavy atom. The van der Waals surface area contributed by atoms with Crippen LogP contribution < -0.4 is 20.5 Å². The number of piperidine rings is 1. The number of rotatable bonds is 12. The van der Waals surface area contributed by atoms with Gasteiger partial charge in [-0.2, -0.15) is 8.78 Å². The van der Waals surface area contributed by atoms with Crippen LogP contribution in [0.3, 0.4) is 0 Å². The number of hydrogen-bond acceptors (Lipinski definition) is 9. The summed E-state index contributed by atoms with van der Waals surface area (Å²) in [5, 5.41) is 3.21. The molecule has 190 valence electrons. The fraction of sp³-hybridized carbons (Fsp3) is 0.542. The molecule has 1 aliphatic carbocycles. The lowest BCUT2D eigenvalue weighted by Crippen LogP contribution is -2.40. The molecule has 1 saturated carbocycles. The summed E-state index contributed by atoms with van der Waals surface area (Å²) < 4.78 is 47.1. The smallest absolute Gasteiger partial charge is 0.387 e. The van der Waals surface area contributed by atoms with E-state index in [1.807, 2.05) is 0 Å². The zero-order valence-corrected chi connectivity index (χ0v) is 19.4. The molecule has 0 radical (unpaired) electrons. The molecule has 4 rings (SSSR count). The molecule has 2 aliphatic rings. The number of alkyl halides is 2. The molecule has 1 aromatic heterocycles. The second-order valence-corrected chi connectivity index (χ2v) is 8.92. The number of benzene rings is 1. The van der Waals surface area contributed by atoms with Crippen molar-refractivity contribution in [3.05, 3.63) is 29.7 Å². The maximum absolute atomic E-state index is 13.4. The van der Waals surface area contributed by atoms with Crippen LogP contribution in [-0.2, 0) is 9.53 Å². The zero-order valence-electron chi connectivity index (χ0n) is 19.4. The maximum atomic E-state index is 13.4. The predicted molar refractivity (Wildman–Crippen MR) is 120 cm³/mol. The van der Waals surface area contributed by atoms with Gasteiger partial charge in [-0.25, -0.2) is 4.98 Å². The number of nitrogens with zero attached hydrogens (tertiary/aromatic N) is 1. The van der Waals surface area contributed by atoms with Crippen molar-refractivity contribution in [3.8, 4) is 23.0 Å². The lowest BCUT2D eigenvalue weighted by Gasteiger charge is -2.28. The summed E-state index contributed by atoms with van der Waals surface area (Å²) in [4.78, 5) is 29.0. The molecule has 1 aliphatic heterocycles. The highest BCUT2D eigenvalue weighted by molar-refractivity contribution is 6.00. The van der Waals surface area contributed by atoms with E-state index in [2.05, 4.69) is 15.0 Å². The average Bonchev–Trinajstić information content (AvgIpc) is 3.56. The molecule has 0 bridgehead atoms. The Kier molecular flexibility index (Phi) is 7.97. The number of nitrogens with one attached hydrogen (secondary N) is 1. The van der Waals surface area contributed by atoms with Gasteiger partial charge in [-0.05, 0) is 69.8 Å². The molecule has 9 nitrogen and oxygen atoms in total. The summed E-state index contributed by atoms with van der Waals surface area (Å²) in [6, 6.07) is 3.64. The number of oxazole rings is 1. The second-order valence-electron chi connectivity index (χ2n) is 8.92. The first-order valence-corrected chi connectivity index (χ1v) is 11.7. The van der Waals surface area contributed by atoms with Crippen LogP contribution in [0.15, 0.2) is 22.6 Å². The molecule has 1 aromatic carbocycles. The van der Waals surface area contributed by atoms with Gasteiger partial charge in [0.2, 0.25) is 11.7 Å². The predicted octanol–water partition coefficient (Wildman–Crippen LogP) is 3.48. The normalized spacial score (nSPS) is 18.2. The van der Waals surface area contributed by atoms with Crippen molar-refractivity contribution >= 4 is 12.3 Å². The molecule has 2 unspecified atom stereocenters. The van der Waals surface area contributed by atoms with Gasteiger partial charge in [0.05, 0.1) is 12.6 Å². The van der Waals surface area contributed by atoms with Gasteiger partial charge in [0.25, 0.3) is 6.47 Å². The number of ether oxygens (including phenoxy) is 3. The molecule has 2 atom stereocenters. The van der Waals surface area contributed by atoms with E-state index in [1.54, 1.807) is 6.92 Å². The van der Waals surface area contributed by atoms with Crippen LogP contribution in [-0.4, -0.2) is 49.7 Å². The summed E-state index contributed by atoms with van der Waals surface area (Å²) >= 11 is 0. The molecule has 11 heteroatoms. The molecule has 2 fully saturated rings. The summed E-state index contributed by atoms with van der Waals surface area (Å²) in [5.41, 5.74) is 6.44. The van der Waals surface area contributed by atoms with Gasteiger partial charge in [-0.3, -0.25) is 9.59 Å². The number of Topliss-reactive ketones (excluding diaryl/α,β-unsaturated/α-hetero) is 1. The fourth-order valence-electron chi connectivity index (χ4n) is 4.11. The van der Waals surface area contributed by atoms with Gasteiger partial charge < -0.3 is 29.7 Å². The van der Waals surface area contributed by atoms with Crippen molar-refractivity contribution in [2.75, 3.05) is 19.7 Å². The number of carbonyl (C=O) groups excluding carboxylic acids is 2. The average molecular weight is 494 g/mol. The molecule has 1 saturated heterocycles. The lowest BCUT2D eigenvalue weighted by molar-refractivity contribution is -0.134. The third kappa shape index (κ3) is 6.15. The molecule has 0 spiro atoms. The minimum Gasteiger partial charge on any atom is -0.489 e. The maximum Gasteiger partial charge on any atom is 0.387 e. The van der Waals surface area contributed by atoms with E-state index in [0.717, 1.165) is 12.8 Å². The SMILES string of the molecule is CC(N)c1oc(-c2ccc(OC(F)F)c(OCC3CC3)c2)nc1C(=O)C(OC=O)C1CCNCC1. The Morgan fingerprint density at radius 2 is 2.00 bits per heavy atom. The summed E-state index contributed by atoms with van der Waals surface area (Å²) in [6.07, 6.45) is 2.36. The van der Waals surface area contributed by atoms with Crippen LogP contribution in [0, 0.1) is 11.8 Å². The van der Waals surface area contributed by atoms with Gasteiger partial charge in [0.1, 0.15) is 0 Å². The van der Waals surface area contributed by atoms with Gasteiger partial charge in [-0.15, -0.1) is 0 Å². The van der Waals surface area contributed by atoms with Crippen molar-refractivity contribution in [2.45, 2.75) is 51.4 Å². The van der Waals surface area contributed by atoms with Crippen molar-refractivity contribution in [3.63, 3.8) is 0 Å². The van der Waals surface area contributed by atoms with Gasteiger partial charge in [-0.1, -0.05) is 0 Å². The number of aromatic nitrogens is 1. The minimum atomic E-state index is -3.01. The van der Waals surface area contributed by atoms with Crippen LogP contribution in [0.25, 0.3) is 11.5 Å². The highest BCUT2D eigenvalue weighted by Crippen LogP contribution is 2.37. The van der Waals surface area contributed by atoms with Crippen LogP contribution in [0.2, 0.25) is 0 Å². The largest absolute Gasteiger partial charge is 0.489 e. The Labute approximate surface area is 201 Å². The van der Waals surface area contributed by atoms with Crippen molar-refractivity contribution in [1.82, 2.24) is 10.3 Å². The van der Waals surface area contributed by atoms with Gasteiger partial charge >= 0.3 is 6.61 Å². The number of ketones is 1. The van der Waals surface area contributed by atoms with Crippen LogP contribution in [0.5, 0.6) is 11.5 Å². The topological polar surface area (TPSA) is 126 Å². The molecule has 2 aromatic rings. The van der Waals surface area contributed by atoms with Crippen LogP contribution >= 0.6 is 0 Å². The highest BCUT2D eigenvalue weighted by Gasteiger charge is 2.36. The first kappa shape index (κ1) is 25.1. The molecule has 3 N–H and O–H groups in total. The summed E-state index contributed by atoms with van der Waals surface area (Å²) in [5.74, 6) is -0.0386. The van der Waals surface area contributed by atoms with E-state index in [1.165, 1.54) is 18.2 Å². The first-order chi connectivity index (χ1) is 16.9. The first-order valence-electron chi connectivity index (χ1n) is 11.7. The summed E-state index contributed by atoms with van der Waals surface area (Å²) in [7, 11) is 0. The van der Waals surface area contributed by atoms with E-state index in [-0.39, 0.29) is 41.2 Å². The molecule has 2 heterocycles. The monoisotopic (exact) mass is 493 g/mol. The Bertz CT molecular complexity index is 1030. The summed E-state index contributed by atoms with van der Waals surface area (Å²) in [6.45, 7) is 0.692. The third-order valence-corrected chi connectivity index (χ3v) is 6.15. The Balaban J connectivity index is 1.65. The Hall–Kier alpha value is -3.05. The van der Waals surface area contributed by atoms with Crippen molar-refractivity contribution in [1.29, 1.82) is 0 Å². The van der Waals surface area contributed by atoms with Gasteiger partial charge in [0.15, 0.2) is 29.1 Å². The van der Waals surface area contributed by atoms with Crippen LogP contribution in [0.1, 0.15) is 54.9 Å². The quantitative estimate of drug-likeness (QED) is 0.338. The van der Waals surface area contributed by atoms with Crippen molar-refractivity contribution < 1.29 is 37.0 Å². The van der Waals surface area contributed by atoms with Gasteiger partial charge in [0, 0.05) is 11.5 Å². The fourth-order valence-corrected chi connectivity index (χ4v) is 4.11. The minimum absolute atomic E-state index is 0.0197. The van der Waals surface area contributed by atoms with E-state index >= 15 is 0 Å². The Morgan fingerprint density at radius 3 is 2.63 bits per heavy atom. The molecular weight excluding hydrogens is 464 g/mol. The van der Waals surface area contributed by atoms with E-state index < -0.39 is 24.5 Å². The number of nitrogens with two attached hydrogens (primary N) is 1. The highest BCUT2D eigenvalue weighted by atomic mass is 19.3. The second kappa shape index (κ2) is 11.1. The lowest BCUT2D eigenvalue weighted by atomic mass is 9.88. The molecular formula is C24H29F2N3O6. The molecule has 0 amide bonds. The number of hydrogen-bond donors (Lipinski definition) is 2. The number of halogens is 2. The van der Waals surface area contributed by atoms with E-state index in [9.17, 15) is 18.4 Å². The zero-order chi connectivity index (χ0) is 24.9. The van der Waals surface area contributed by atoms with Crippen LogP contribution in [0.4, 0.5) is 8.78 Å². The number of carbonyl (C=O) groups is 2. The van der Waals surface area contributed by atoms with E-state index in [4.69, 9.17) is 19.6 Å². The van der Waals surface area contributed by atoms with Crippen molar-refractivity contribution in [2.24, 2.45) is 17.6 Å². The molecule has 35 heavy (non-hydrogen) atoms. The third-order valence-electron chi connectivity index (χ3n) is 6.15.